The van der Waals surface area contributed by atoms with E-state index in [0.717, 1.165) is 18.4 Å². The number of thiophene rings is 1. The van der Waals surface area contributed by atoms with Gasteiger partial charge in [-0.1, -0.05) is 0 Å². The summed E-state index contributed by atoms with van der Waals surface area (Å²) in [6, 6.07) is 2.33. The molecule has 0 spiro atoms. The second-order valence-corrected chi connectivity index (χ2v) is 5.77. The van der Waals surface area contributed by atoms with Crippen molar-refractivity contribution in [3.8, 4) is 0 Å². The van der Waals surface area contributed by atoms with Gasteiger partial charge in [0.05, 0.1) is 6.04 Å². The molecule has 1 saturated carbocycles. The largest absolute Gasteiger partial charge is 0.346 e. The third kappa shape index (κ3) is 4.04. The second-order valence-electron chi connectivity index (χ2n) is 4.99. The van der Waals surface area contributed by atoms with Crippen molar-refractivity contribution in [2.45, 2.75) is 24.9 Å². The van der Waals surface area contributed by atoms with Gasteiger partial charge in [0.2, 0.25) is 0 Å². The average molecular weight is 281 g/mol. The third-order valence-corrected chi connectivity index (χ3v) is 3.83. The van der Waals surface area contributed by atoms with E-state index in [-0.39, 0.29) is 12.1 Å². The maximum Gasteiger partial charge on any atom is 0.309 e. The highest BCUT2D eigenvalue weighted by atomic mass is 32.1. The van der Waals surface area contributed by atoms with Crippen LogP contribution in [0.1, 0.15) is 24.4 Å². The van der Waals surface area contributed by atoms with Crippen LogP contribution in [0.15, 0.2) is 16.8 Å². The maximum atomic E-state index is 11.7. The van der Waals surface area contributed by atoms with Crippen LogP contribution < -0.4 is 10.6 Å². The SMILES string of the molecule is CN(C)C(CNC(=O)C(=O)NC1CC1)c1ccsc1. The van der Waals surface area contributed by atoms with Gasteiger partial charge in [0.1, 0.15) is 0 Å². The normalized spacial score (nSPS) is 16.2. The summed E-state index contributed by atoms with van der Waals surface area (Å²) in [5.41, 5.74) is 1.15. The van der Waals surface area contributed by atoms with Gasteiger partial charge in [0.15, 0.2) is 0 Å². The molecule has 0 saturated heterocycles. The van der Waals surface area contributed by atoms with Crippen LogP contribution in [-0.2, 0) is 9.59 Å². The van der Waals surface area contributed by atoms with Crippen LogP contribution in [0, 0.1) is 0 Å². The summed E-state index contributed by atoms with van der Waals surface area (Å²) in [5, 5.41) is 9.44. The second kappa shape index (κ2) is 6.16. The number of carbonyl (C=O) groups excluding carboxylic acids is 2. The first-order valence-corrected chi connectivity index (χ1v) is 7.29. The van der Waals surface area contributed by atoms with Crippen LogP contribution in [0.4, 0.5) is 0 Å². The first-order valence-electron chi connectivity index (χ1n) is 6.35. The average Bonchev–Trinajstić information content (AvgIpc) is 3.01. The molecule has 1 atom stereocenters. The van der Waals surface area contributed by atoms with E-state index < -0.39 is 11.8 Å². The van der Waals surface area contributed by atoms with E-state index in [1.807, 2.05) is 30.4 Å². The molecule has 1 heterocycles. The molecular weight excluding hydrogens is 262 g/mol. The molecule has 2 N–H and O–H groups in total. The van der Waals surface area contributed by atoms with Gasteiger partial charge in [-0.15, -0.1) is 0 Å². The Morgan fingerprint density at radius 2 is 2.16 bits per heavy atom. The Morgan fingerprint density at radius 1 is 1.42 bits per heavy atom. The van der Waals surface area contributed by atoms with Crippen LogP contribution in [0.5, 0.6) is 0 Å². The summed E-state index contributed by atoms with van der Waals surface area (Å²) in [4.78, 5) is 25.2. The Kier molecular flexibility index (Phi) is 4.55. The Hall–Kier alpha value is -1.40. The van der Waals surface area contributed by atoms with Gasteiger partial charge in [-0.3, -0.25) is 9.59 Å². The Labute approximate surface area is 117 Å². The molecule has 104 valence electrons. The molecule has 0 aliphatic heterocycles. The van der Waals surface area contributed by atoms with E-state index in [2.05, 4.69) is 16.0 Å². The molecule has 1 aromatic heterocycles. The number of rotatable bonds is 5. The summed E-state index contributed by atoms with van der Waals surface area (Å²) in [6.45, 7) is 0.431. The number of amides is 2. The summed E-state index contributed by atoms with van der Waals surface area (Å²) >= 11 is 1.62. The fourth-order valence-electron chi connectivity index (χ4n) is 1.81. The predicted molar refractivity (Wildman–Crippen MR) is 74.9 cm³/mol. The van der Waals surface area contributed by atoms with Gasteiger partial charge < -0.3 is 15.5 Å². The van der Waals surface area contributed by atoms with E-state index >= 15 is 0 Å². The topological polar surface area (TPSA) is 61.4 Å². The Morgan fingerprint density at radius 3 is 2.68 bits per heavy atom. The molecule has 0 radical (unpaired) electrons. The summed E-state index contributed by atoms with van der Waals surface area (Å²) in [7, 11) is 3.91. The number of nitrogens with one attached hydrogen (secondary N) is 2. The molecule has 1 unspecified atom stereocenters. The molecular formula is C13H19N3O2S. The molecule has 1 fully saturated rings. The number of hydrogen-bond donors (Lipinski definition) is 2. The summed E-state index contributed by atoms with van der Waals surface area (Å²) in [6.07, 6.45) is 1.96. The quantitative estimate of drug-likeness (QED) is 0.783. The molecule has 2 rings (SSSR count). The van der Waals surface area contributed by atoms with Crippen LogP contribution in [0.25, 0.3) is 0 Å². The van der Waals surface area contributed by atoms with Gasteiger partial charge in [-0.25, -0.2) is 0 Å². The molecule has 1 aliphatic carbocycles. The van der Waals surface area contributed by atoms with Gasteiger partial charge in [-0.2, -0.15) is 11.3 Å². The van der Waals surface area contributed by atoms with Crippen LogP contribution in [0.3, 0.4) is 0 Å². The molecule has 5 nitrogen and oxygen atoms in total. The minimum atomic E-state index is -0.547. The monoisotopic (exact) mass is 281 g/mol. The lowest BCUT2D eigenvalue weighted by molar-refractivity contribution is -0.139. The van der Waals surface area contributed by atoms with Gasteiger partial charge >= 0.3 is 11.8 Å². The van der Waals surface area contributed by atoms with Crippen LogP contribution in [-0.4, -0.2) is 43.4 Å². The number of carbonyl (C=O) groups is 2. The van der Waals surface area contributed by atoms with E-state index in [9.17, 15) is 9.59 Å². The highest BCUT2D eigenvalue weighted by Crippen LogP contribution is 2.20. The molecule has 0 aromatic carbocycles. The van der Waals surface area contributed by atoms with Gasteiger partial charge in [0, 0.05) is 12.6 Å². The van der Waals surface area contributed by atoms with Crippen molar-refractivity contribution in [3.05, 3.63) is 22.4 Å². The standard InChI is InChI=1S/C13H19N3O2S/c1-16(2)11(9-5-6-19-8-9)7-14-12(17)13(18)15-10-3-4-10/h5-6,8,10-11H,3-4,7H2,1-2H3,(H,14,17)(H,15,18). The summed E-state index contributed by atoms with van der Waals surface area (Å²) < 4.78 is 0. The van der Waals surface area contributed by atoms with Crippen molar-refractivity contribution in [1.29, 1.82) is 0 Å². The minimum Gasteiger partial charge on any atom is -0.346 e. The maximum absolute atomic E-state index is 11.7. The van der Waals surface area contributed by atoms with Crippen molar-refractivity contribution in [3.63, 3.8) is 0 Å². The lowest BCUT2D eigenvalue weighted by atomic mass is 10.1. The lowest BCUT2D eigenvalue weighted by Crippen LogP contribution is -2.43. The van der Waals surface area contributed by atoms with Crippen molar-refractivity contribution in [1.82, 2.24) is 15.5 Å². The first kappa shape index (κ1) is 14.0. The smallest absolute Gasteiger partial charge is 0.309 e. The fourth-order valence-corrected chi connectivity index (χ4v) is 2.52. The fraction of sp³-hybridized carbons (Fsp3) is 0.538. The lowest BCUT2D eigenvalue weighted by Gasteiger charge is -2.23. The zero-order valence-electron chi connectivity index (χ0n) is 11.2. The summed E-state index contributed by atoms with van der Waals surface area (Å²) in [5.74, 6) is -1.07. The minimum absolute atomic E-state index is 0.0870. The molecule has 1 aromatic rings. The zero-order valence-corrected chi connectivity index (χ0v) is 12.0. The van der Waals surface area contributed by atoms with E-state index in [4.69, 9.17) is 0 Å². The third-order valence-electron chi connectivity index (χ3n) is 3.13. The Balaban J connectivity index is 1.84. The van der Waals surface area contributed by atoms with E-state index in [0.29, 0.717) is 6.54 Å². The van der Waals surface area contributed by atoms with Crippen molar-refractivity contribution >= 4 is 23.2 Å². The van der Waals surface area contributed by atoms with Gasteiger partial charge in [0.25, 0.3) is 0 Å². The van der Waals surface area contributed by atoms with Gasteiger partial charge in [-0.05, 0) is 49.3 Å². The molecule has 1 aliphatic rings. The highest BCUT2D eigenvalue weighted by Gasteiger charge is 2.26. The van der Waals surface area contributed by atoms with Crippen molar-refractivity contribution in [2.24, 2.45) is 0 Å². The predicted octanol–water partition coefficient (Wildman–Crippen LogP) is 0.746. The Bertz CT molecular complexity index is 441. The van der Waals surface area contributed by atoms with Crippen molar-refractivity contribution in [2.75, 3.05) is 20.6 Å². The zero-order chi connectivity index (χ0) is 13.8. The first-order chi connectivity index (χ1) is 9.08. The number of nitrogens with zero attached hydrogens (tertiary/aromatic N) is 1. The molecule has 6 heteroatoms. The number of hydrogen-bond acceptors (Lipinski definition) is 4. The number of likely N-dealkylation sites (N-methyl/N-ethyl adjacent to an activating group) is 1. The van der Waals surface area contributed by atoms with E-state index in [1.54, 1.807) is 11.3 Å². The van der Waals surface area contributed by atoms with E-state index in [1.165, 1.54) is 0 Å². The van der Waals surface area contributed by atoms with Crippen LogP contribution in [0.2, 0.25) is 0 Å². The van der Waals surface area contributed by atoms with Crippen molar-refractivity contribution < 1.29 is 9.59 Å². The highest BCUT2D eigenvalue weighted by molar-refractivity contribution is 7.07. The van der Waals surface area contributed by atoms with Crippen LogP contribution >= 0.6 is 11.3 Å². The molecule has 2 amide bonds. The molecule has 0 bridgehead atoms. The molecule has 19 heavy (non-hydrogen) atoms.